The molecule has 0 atom stereocenters. The zero-order valence-electron chi connectivity index (χ0n) is 12.1. The largest absolute Gasteiger partial charge is 0.497 e. The average Bonchev–Trinajstić information content (AvgIpc) is 2.96. The van der Waals surface area contributed by atoms with Crippen LogP contribution in [0.5, 0.6) is 17.2 Å². The highest BCUT2D eigenvalue weighted by Crippen LogP contribution is 2.28. The van der Waals surface area contributed by atoms with Crippen LogP contribution in [0.2, 0.25) is 0 Å². The van der Waals surface area contributed by atoms with E-state index < -0.39 is 0 Å². The summed E-state index contributed by atoms with van der Waals surface area (Å²) >= 11 is 0. The zero-order valence-corrected chi connectivity index (χ0v) is 12.1. The number of methoxy groups -OCH3 is 1. The molecule has 0 radical (unpaired) electrons. The zero-order chi connectivity index (χ0) is 14.7. The van der Waals surface area contributed by atoms with Gasteiger partial charge in [0.2, 0.25) is 0 Å². The van der Waals surface area contributed by atoms with Crippen molar-refractivity contribution in [3.8, 4) is 17.2 Å². The third kappa shape index (κ3) is 3.05. The van der Waals surface area contributed by atoms with Gasteiger partial charge in [0, 0.05) is 18.9 Å². The molecule has 1 heterocycles. The van der Waals surface area contributed by atoms with Gasteiger partial charge in [-0.25, -0.2) is 0 Å². The Kier molecular flexibility index (Phi) is 3.86. The number of hydrogen-bond donors (Lipinski definition) is 1. The van der Waals surface area contributed by atoms with E-state index in [1.807, 2.05) is 18.2 Å². The van der Waals surface area contributed by atoms with Gasteiger partial charge in [0.25, 0.3) is 0 Å². The van der Waals surface area contributed by atoms with E-state index >= 15 is 0 Å². The van der Waals surface area contributed by atoms with Crippen LogP contribution in [0, 0.1) is 0 Å². The molecule has 0 unspecified atom stereocenters. The monoisotopic (exact) mass is 285 g/mol. The minimum absolute atomic E-state index is 0.593. The predicted octanol–water partition coefficient (Wildman–Crippen LogP) is 2.83. The number of benzene rings is 2. The Balaban J connectivity index is 1.58. The van der Waals surface area contributed by atoms with Gasteiger partial charge in [-0.3, -0.25) is 0 Å². The number of rotatable bonds is 5. The minimum Gasteiger partial charge on any atom is -0.497 e. The molecule has 0 bridgehead atoms. The molecule has 1 aliphatic heterocycles. The maximum atomic E-state index is 5.93. The molecule has 2 aromatic carbocycles. The fraction of sp³-hybridized carbons (Fsp3) is 0.294. The number of nitrogen functional groups attached to an aromatic ring is 1. The molecule has 0 fully saturated rings. The number of anilines is 1. The number of hydrogen-bond acceptors (Lipinski definition) is 4. The van der Waals surface area contributed by atoms with E-state index in [0.29, 0.717) is 18.0 Å². The van der Waals surface area contributed by atoms with Crippen LogP contribution in [0.25, 0.3) is 0 Å². The van der Waals surface area contributed by atoms with Crippen LogP contribution in [0.4, 0.5) is 5.69 Å². The summed E-state index contributed by atoms with van der Waals surface area (Å²) < 4.78 is 16.4. The molecule has 0 aliphatic carbocycles. The standard InChI is InChI=1S/C17H19NO3/c1-19-14-3-5-17(15(18)11-14)21-8-6-12-2-4-16-13(10-12)7-9-20-16/h2-5,10-11H,6-9,18H2,1H3. The van der Waals surface area contributed by atoms with E-state index in [1.54, 1.807) is 13.2 Å². The molecule has 2 aromatic rings. The minimum atomic E-state index is 0.593. The Labute approximate surface area is 124 Å². The first-order valence-corrected chi connectivity index (χ1v) is 7.07. The molecule has 110 valence electrons. The highest BCUT2D eigenvalue weighted by molar-refractivity contribution is 5.56. The van der Waals surface area contributed by atoms with Crippen LogP contribution >= 0.6 is 0 Å². The first-order chi connectivity index (χ1) is 10.3. The fourth-order valence-electron chi connectivity index (χ4n) is 2.46. The van der Waals surface area contributed by atoms with Crippen LogP contribution in [-0.4, -0.2) is 20.3 Å². The van der Waals surface area contributed by atoms with E-state index in [1.165, 1.54) is 11.1 Å². The Morgan fingerprint density at radius 3 is 2.90 bits per heavy atom. The second kappa shape index (κ2) is 5.95. The first kappa shape index (κ1) is 13.6. The normalized spacial score (nSPS) is 12.6. The topological polar surface area (TPSA) is 53.7 Å². The first-order valence-electron chi connectivity index (χ1n) is 7.07. The molecular formula is C17H19NO3. The molecule has 0 saturated heterocycles. The lowest BCUT2D eigenvalue weighted by molar-refractivity contribution is 0.322. The van der Waals surface area contributed by atoms with Crippen LogP contribution in [0.3, 0.4) is 0 Å². The quantitative estimate of drug-likeness (QED) is 0.858. The van der Waals surface area contributed by atoms with Crippen molar-refractivity contribution >= 4 is 5.69 Å². The average molecular weight is 285 g/mol. The number of nitrogens with two attached hydrogens (primary N) is 1. The summed E-state index contributed by atoms with van der Waals surface area (Å²) in [5.74, 6) is 2.44. The molecular weight excluding hydrogens is 266 g/mol. The molecule has 4 heteroatoms. The molecule has 0 amide bonds. The maximum absolute atomic E-state index is 5.93. The molecule has 3 rings (SSSR count). The maximum Gasteiger partial charge on any atom is 0.142 e. The summed E-state index contributed by atoms with van der Waals surface area (Å²) in [6.07, 6.45) is 1.84. The van der Waals surface area contributed by atoms with Gasteiger partial charge < -0.3 is 19.9 Å². The molecule has 2 N–H and O–H groups in total. The Morgan fingerprint density at radius 1 is 1.19 bits per heavy atom. The van der Waals surface area contributed by atoms with Crippen molar-refractivity contribution in [2.45, 2.75) is 12.8 Å². The number of fused-ring (bicyclic) bond motifs is 1. The predicted molar refractivity (Wildman–Crippen MR) is 82.2 cm³/mol. The van der Waals surface area contributed by atoms with E-state index in [4.69, 9.17) is 19.9 Å². The van der Waals surface area contributed by atoms with Crippen LogP contribution in [0.1, 0.15) is 11.1 Å². The summed E-state index contributed by atoms with van der Waals surface area (Å²) in [6.45, 7) is 1.38. The number of ether oxygens (including phenoxy) is 3. The fourth-order valence-corrected chi connectivity index (χ4v) is 2.46. The van der Waals surface area contributed by atoms with E-state index in [9.17, 15) is 0 Å². The van der Waals surface area contributed by atoms with Gasteiger partial charge in [-0.15, -0.1) is 0 Å². The van der Waals surface area contributed by atoms with Gasteiger partial charge >= 0.3 is 0 Å². The third-order valence-corrected chi connectivity index (χ3v) is 3.62. The lowest BCUT2D eigenvalue weighted by Crippen LogP contribution is -2.03. The summed E-state index contributed by atoms with van der Waals surface area (Å²) in [6, 6.07) is 11.8. The second-order valence-corrected chi connectivity index (χ2v) is 5.04. The molecule has 0 spiro atoms. The van der Waals surface area contributed by atoms with Crippen molar-refractivity contribution in [1.29, 1.82) is 0 Å². The van der Waals surface area contributed by atoms with Gasteiger partial charge in [-0.1, -0.05) is 12.1 Å². The summed E-state index contributed by atoms with van der Waals surface area (Å²) in [7, 11) is 1.62. The van der Waals surface area contributed by atoms with Crippen molar-refractivity contribution < 1.29 is 14.2 Å². The highest BCUT2D eigenvalue weighted by atomic mass is 16.5. The third-order valence-electron chi connectivity index (χ3n) is 3.62. The molecule has 21 heavy (non-hydrogen) atoms. The van der Waals surface area contributed by atoms with Crippen molar-refractivity contribution in [2.75, 3.05) is 26.1 Å². The lowest BCUT2D eigenvalue weighted by atomic mass is 10.1. The summed E-state index contributed by atoms with van der Waals surface area (Å²) in [5.41, 5.74) is 9.07. The van der Waals surface area contributed by atoms with Crippen molar-refractivity contribution in [3.63, 3.8) is 0 Å². The lowest BCUT2D eigenvalue weighted by Gasteiger charge is -2.10. The molecule has 4 nitrogen and oxygen atoms in total. The van der Waals surface area contributed by atoms with Crippen molar-refractivity contribution in [1.82, 2.24) is 0 Å². The molecule has 0 aromatic heterocycles. The second-order valence-electron chi connectivity index (χ2n) is 5.04. The van der Waals surface area contributed by atoms with Crippen LogP contribution in [0.15, 0.2) is 36.4 Å². The summed E-state index contributed by atoms with van der Waals surface area (Å²) in [5, 5.41) is 0. The Bertz CT molecular complexity index is 640. The van der Waals surface area contributed by atoms with Crippen LogP contribution < -0.4 is 19.9 Å². The Hall–Kier alpha value is -2.36. The molecule has 1 aliphatic rings. The van der Waals surface area contributed by atoms with Crippen LogP contribution in [-0.2, 0) is 12.8 Å². The SMILES string of the molecule is COc1ccc(OCCc2ccc3c(c2)CCO3)c(N)c1. The Morgan fingerprint density at radius 2 is 2.10 bits per heavy atom. The van der Waals surface area contributed by atoms with Crippen molar-refractivity contribution in [3.05, 3.63) is 47.5 Å². The molecule has 0 saturated carbocycles. The van der Waals surface area contributed by atoms with Gasteiger partial charge in [-0.05, 0) is 29.3 Å². The van der Waals surface area contributed by atoms with Gasteiger partial charge in [0.15, 0.2) is 0 Å². The van der Waals surface area contributed by atoms with Crippen molar-refractivity contribution in [2.24, 2.45) is 0 Å². The van der Waals surface area contributed by atoms with Gasteiger partial charge in [0.1, 0.15) is 17.2 Å². The van der Waals surface area contributed by atoms with E-state index in [2.05, 4.69) is 12.1 Å². The van der Waals surface area contributed by atoms with Gasteiger partial charge in [0.05, 0.1) is 26.0 Å². The van der Waals surface area contributed by atoms with E-state index in [-0.39, 0.29) is 0 Å². The van der Waals surface area contributed by atoms with Gasteiger partial charge in [-0.2, -0.15) is 0 Å². The van der Waals surface area contributed by atoms with E-state index in [0.717, 1.165) is 30.9 Å². The summed E-state index contributed by atoms with van der Waals surface area (Å²) in [4.78, 5) is 0. The smallest absolute Gasteiger partial charge is 0.142 e. The highest BCUT2D eigenvalue weighted by Gasteiger charge is 2.12.